The van der Waals surface area contributed by atoms with Gasteiger partial charge in [-0.2, -0.15) is 0 Å². The summed E-state index contributed by atoms with van der Waals surface area (Å²) in [4.78, 5) is 0. The second-order valence-corrected chi connectivity index (χ2v) is 5.69. The maximum Gasteiger partial charge on any atom is 0.142 e. The molecule has 0 aliphatic rings. The molecular weight excluding hydrogens is 329 g/mol. The van der Waals surface area contributed by atoms with Crippen LogP contribution in [0.2, 0.25) is 5.02 Å². The average Bonchev–Trinajstić information content (AvgIpc) is 2.42. The van der Waals surface area contributed by atoms with Crippen molar-refractivity contribution >= 4 is 27.5 Å². The fourth-order valence-electron chi connectivity index (χ4n) is 2.04. The van der Waals surface area contributed by atoms with E-state index in [1.54, 1.807) is 6.07 Å². The molecule has 0 fully saturated rings. The molecule has 0 aliphatic heterocycles. The van der Waals surface area contributed by atoms with Crippen molar-refractivity contribution in [2.75, 3.05) is 6.54 Å². The highest BCUT2D eigenvalue weighted by molar-refractivity contribution is 9.10. The first kappa shape index (κ1) is 14.5. The Balaban J connectivity index is 2.24. The summed E-state index contributed by atoms with van der Waals surface area (Å²) in [7, 11) is 0. The SMILES string of the molecule is NCC(Cc1cccc(F)c1Cl)c1ccc(Br)cc1. The molecular formula is C15H14BrClFN. The van der Waals surface area contributed by atoms with Crippen LogP contribution in [0.3, 0.4) is 0 Å². The summed E-state index contributed by atoms with van der Waals surface area (Å²) in [5, 5.41) is 0.193. The van der Waals surface area contributed by atoms with Crippen LogP contribution < -0.4 is 5.73 Å². The number of rotatable bonds is 4. The Bertz CT molecular complexity index is 557. The fraction of sp³-hybridized carbons (Fsp3) is 0.200. The Hall–Kier alpha value is -0.900. The quantitative estimate of drug-likeness (QED) is 0.868. The van der Waals surface area contributed by atoms with E-state index in [1.807, 2.05) is 30.3 Å². The number of halogens is 3. The van der Waals surface area contributed by atoms with Crippen LogP contribution in [0.5, 0.6) is 0 Å². The van der Waals surface area contributed by atoms with Crippen molar-refractivity contribution in [3.8, 4) is 0 Å². The topological polar surface area (TPSA) is 26.0 Å². The molecule has 100 valence electrons. The average molecular weight is 343 g/mol. The predicted molar refractivity (Wildman–Crippen MR) is 81.1 cm³/mol. The number of nitrogens with two attached hydrogens (primary N) is 1. The van der Waals surface area contributed by atoms with Gasteiger partial charge in [-0.1, -0.05) is 51.8 Å². The van der Waals surface area contributed by atoms with Crippen LogP contribution in [0.25, 0.3) is 0 Å². The van der Waals surface area contributed by atoms with Crippen molar-refractivity contribution < 1.29 is 4.39 Å². The van der Waals surface area contributed by atoms with E-state index in [4.69, 9.17) is 17.3 Å². The van der Waals surface area contributed by atoms with Gasteiger partial charge in [-0.25, -0.2) is 4.39 Å². The lowest BCUT2D eigenvalue weighted by atomic mass is 9.92. The molecule has 0 amide bonds. The Morgan fingerprint density at radius 2 is 1.84 bits per heavy atom. The minimum Gasteiger partial charge on any atom is -0.330 e. The van der Waals surface area contributed by atoms with Crippen LogP contribution in [0.1, 0.15) is 17.0 Å². The highest BCUT2D eigenvalue weighted by Gasteiger charge is 2.14. The van der Waals surface area contributed by atoms with Crippen LogP contribution >= 0.6 is 27.5 Å². The molecule has 0 radical (unpaired) electrons. The highest BCUT2D eigenvalue weighted by Crippen LogP contribution is 2.27. The third kappa shape index (κ3) is 3.56. The number of benzene rings is 2. The molecule has 2 aromatic rings. The van der Waals surface area contributed by atoms with E-state index in [0.29, 0.717) is 13.0 Å². The molecule has 19 heavy (non-hydrogen) atoms. The third-order valence-corrected chi connectivity index (χ3v) is 4.08. The molecule has 0 bridgehead atoms. The first-order valence-electron chi connectivity index (χ1n) is 6.00. The van der Waals surface area contributed by atoms with Crippen LogP contribution in [0, 0.1) is 5.82 Å². The van der Waals surface area contributed by atoms with E-state index in [2.05, 4.69) is 15.9 Å². The van der Waals surface area contributed by atoms with E-state index in [1.165, 1.54) is 6.07 Å². The normalized spacial score (nSPS) is 12.4. The molecule has 2 rings (SSSR count). The van der Waals surface area contributed by atoms with Crippen molar-refractivity contribution in [2.24, 2.45) is 5.73 Å². The van der Waals surface area contributed by atoms with Crippen LogP contribution in [0.4, 0.5) is 4.39 Å². The van der Waals surface area contributed by atoms with Crippen molar-refractivity contribution in [3.05, 3.63) is 68.9 Å². The monoisotopic (exact) mass is 341 g/mol. The van der Waals surface area contributed by atoms with E-state index in [0.717, 1.165) is 15.6 Å². The maximum absolute atomic E-state index is 13.4. The Morgan fingerprint density at radius 1 is 1.16 bits per heavy atom. The minimum atomic E-state index is -0.384. The number of hydrogen-bond donors (Lipinski definition) is 1. The summed E-state index contributed by atoms with van der Waals surface area (Å²) in [6, 6.07) is 12.9. The predicted octanol–water partition coefficient (Wildman–Crippen LogP) is 4.53. The Morgan fingerprint density at radius 3 is 2.47 bits per heavy atom. The van der Waals surface area contributed by atoms with E-state index in [-0.39, 0.29) is 16.8 Å². The van der Waals surface area contributed by atoms with Crippen molar-refractivity contribution in [1.29, 1.82) is 0 Å². The van der Waals surface area contributed by atoms with Crippen molar-refractivity contribution in [1.82, 2.24) is 0 Å². The third-order valence-electron chi connectivity index (χ3n) is 3.12. The summed E-state index contributed by atoms with van der Waals surface area (Å²) < 4.78 is 14.4. The van der Waals surface area contributed by atoms with Crippen molar-refractivity contribution in [2.45, 2.75) is 12.3 Å². The van der Waals surface area contributed by atoms with E-state index < -0.39 is 0 Å². The van der Waals surface area contributed by atoms with Crippen LogP contribution in [0.15, 0.2) is 46.9 Å². The van der Waals surface area contributed by atoms with Gasteiger partial charge in [0.2, 0.25) is 0 Å². The highest BCUT2D eigenvalue weighted by atomic mass is 79.9. The molecule has 2 N–H and O–H groups in total. The summed E-state index contributed by atoms with van der Waals surface area (Å²) in [5.41, 5.74) is 7.75. The molecule has 0 spiro atoms. The zero-order chi connectivity index (χ0) is 13.8. The molecule has 4 heteroatoms. The molecule has 0 saturated heterocycles. The lowest BCUT2D eigenvalue weighted by Gasteiger charge is -2.16. The van der Waals surface area contributed by atoms with Gasteiger partial charge < -0.3 is 5.73 Å². The standard InChI is InChI=1S/C15H14BrClFN/c16-13-6-4-10(5-7-13)12(9-19)8-11-2-1-3-14(18)15(11)17/h1-7,12H,8-9,19H2. The second kappa shape index (κ2) is 6.51. The van der Waals surface area contributed by atoms with Gasteiger partial charge in [0.15, 0.2) is 0 Å². The minimum absolute atomic E-state index is 0.132. The zero-order valence-electron chi connectivity index (χ0n) is 10.2. The van der Waals surface area contributed by atoms with Gasteiger partial charge in [-0.05, 0) is 42.3 Å². The molecule has 1 nitrogen and oxygen atoms in total. The Kier molecular flexibility index (Phi) is 4.97. The fourth-order valence-corrected chi connectivity index (χ4v) is 2.51. The van der Waals surface area contributed by atoms with Gasteiger partial charge in [0.1, 0.15) is 5.82 Å². The van der Waals surface area contributed by atoms with Gasteiger partial charge >= 0.3 is 0 Å². The largest absolute Gasteiger partial charge is 0.330 e. The maximum atomic E-state index is 13.4. The van der Waals surface area contributed by atoms with Crippen LogP contribution in [-0.4, -0.2) is 6.54 Å². The summed E-state index contributed by atoms with van der Waals surface area (Å²) in [6.07, 6.45) is 0.634. The van der Waals surface area contributed by atoms with Crippen molar-refractivity contribution in [3.63, 3.8) is 0 Å². The first-order valence-corrected chi connectivity index (χ1v) is 7.17. The van der Waals surface area contributed by atoms with Gasteiger partial charge in [0, 0.05) is 10.4 Å². The lowest BCUT2D eigenvalue weighted by molar-refractivity contribution is 0.621. The molecule has 0 heterocycles. The van der Waals surface area contributed by atoms with E-state index in [9.17, 15) is 4.39 Å². The second-order valence-electron chi connectivity index (χ2n) is 4.40. The lowest BCUT2D eigenvalue weighted by Crippen LogP contribution is -2.15. The first-order chi connectivity index (χ1) is 9.11. The van der Waals surface area contributed by atoms with Gasteiger partial charge in [0.25, 0.3) is 0 Å². The molecule has 0 aromatic heterocycles. The molecule has 1 unspecified atom stereocenters. The summed E-state index contributed by atoms with van der Waals surface area (Å²) >= 11 is 9.39. The smallest absolute Gasteiger partial charge is 0.142 e. The molecule has 0 saturated carbocycles. The summed E-state index contributed by atoms with van der Waals surface area (Å²) in [6.45, 7) is 0.495. The Labute approximate surface area is 125 Å². The van der Waals surface area contributed by atoms with E-state index >= 15 is 0 Å². The van der Waals surface area contributed by atoms with Gasteiger partial charge in [-0.3, -0.25) is 0 Å². The van der Waals surface area contributed by atoms with Gasteiger partial charge in [0.05, 0.1) is 5.02 Å². The molecule has 2 aromatic carbocycles. The molecule has 0 aliphatic carbocycles. The molecule has 1 atom stereocenters. The zero-order valence-corrected chi connectivity index (χ0v) is 12.6. The van der Waals surface area contributed by atoms with Gasteiger partial charge in [-0.15, -0.1) is 0 Å². The summed E-state index contributed by atoms with van der Waals surface area (Å²) in [5.74, 6) is -0.252. The number of hydrogen-bond acceptors (Lipinski definition) is 1. The van der Waals surface area contributed by atoms with Crippen LogP contribution in [-0.2, 0) is 6.42 Å².